The van der Waals surface area contributed by atoms with Gasteiger partial charge in [-0.3, -0.25) is 4.79 Å². The van der Waals surface area contributed by atoms with E-state index in [1.807, 2.05) is 0 Å². The molecule has 1 saturated carbocycles. The third-order valence-corrected chi connectivity index (χ3v) is 3.84. The average Bonchev–Trinajstić information content (AvgIpc) is 2.83. The van der Waals surface area contributed by atoms with E-state index in [9.17, 15) is 27.5 Å². The zero-order valence-electron chi connectivity index (χ0n) is 11.7. The fourth-order valence-corrected chi connectivity index (χ4v) is 2.70. The Bertz CT molecular complexity index is 515. The molecule has 122 valence electrons. The summed E-state index contributed by atoms with van der Waals surface area (Å²) in [6.45, 7) is 0. The summed E-state index contributed by atoms with van der Waals surface area (Å²) in [5.41, 5.74) is 0.180. The number of amides is 1. The Labute approximate surface area is 125 Å². The largest absolute Gasteiger partial charge is 0.392 e. The lowest BCUT2D eigenvalue weighted by atomic mass is 10.00. The Kier molecular flexibility index (Phi) is 5.05. The smallest absolute Gasteiger partial charge is 0.391 e. The van der Waals surface area contributed by atoms with Crippen LogP contribution in [-0.2, 0) is 4.79 Å². The van der Waals surface area contributed by atoms with Crippen molar-refractivity contribution >= 4 is 5.91 Å². The van der Waals surface area contributed by atoms with Crippen molar-refractivity contribution in [3.05, 3.63) is 35.6 Å². The summed E-state index contributed by atoms with van der Waals surface area (Å²) in [6, 6.07) is 3.25. The molecule has 22 heavy (non-hydrogen) atoms. The molecule has 0 aliphatic heterocycles. The highest BCUT2D eigenvalue weighted by Gasteiger charge is 2.37. The molecule has 3 nitrogen and oxygen atoms in total. The number of rotatable bonds is 4. The first-order chi connectivity index (χ1) is 10.3. The van der Waals surface area contributed by atoms with Crippen LogP contribution >= 0.6 is 0 Å². The number of aliphatic hydroxyl groups is 1. The van der Waals surface area contributed by atoms with Gasteiger partial charge in [0.25, 0.3) is 0 Å². The topological polar surface area (TPSA) is 49.3 Å². The fraction of sp³-hybridized carbons (Fsp3) is 0.533. The molecule has 0 saturated heterocycles. The molecule has 2 N–H and O–H groups in total. The highest BCUT2D eigenvalue weighted by atomic mass is 19.4. The van der Waals surface area contributed by atoms with Gasteiger partial charge in [0, 0.05) is 0 Å². The van der Waals surface area contributed by atoms with Gasteiger partial charge in [0.05, 0.1) is 24.5 Å². The summed E-state index contributed by atoms with van der Waals surface area (Å²) >= 11 is 0. The van der Waals surface area contributed by atoms with Crippen molar-refractivity contribution in [2.24, 2.45) is 5.92 Å². The van der Waals surface area contributed by atoms with Crippen LogP contribution in [0.5, 0.6) is 0 Å². The van der Waals surface area contributed by atoms with Crippen molar-refractivity contribution < 1.29 is 27.5 Å². The molecule has 1 aromatic carbocycles. The molecule has 1 amide bonds. The van der Waals surface area contributed by atoms with Crippen LogP contribution in [0.4, 0.5) is 17.6 Å². The van der Waals surface area contributed by atoms with Crippen LogP contribution in [0.1, 0.15) is 37.3 Å². The SMILES string of the molecule is O=C(NC(CC(F)(F)F)c1ccc(F)cc1)C1CCCC1O. The average molecular weight is 319 g/mol. The Morgan fingerprint density at radius 3 is 2.41 bits per heavy atom. The van der Waals surface area contributed by atoms with Crippen molar-refractivity contribution in [2.75, 3.05) is 0 Å². The lowest BCUT2D eigenvalue weighted by molar-refractivity contribution is -0.144. The van der Waals surface area contributed by atoms with E-state index in [1.165, 1.54) is 12.1 Å². The number of halogens is 4. The maximum absolute atomic E-state index is 12.9. The number of hydrogen-bond acceptors (Lipinski definition) is 2. The molecule has 2 rings (SSSR count). The van der Waals surface area contributed by atoms with E-state index in [4.69, 9.17) is 0 Å². The predicted molar refractivity (Wildman–Crippen MR) is 71.3 cm³/mol. The molecule has 1 aliphatic carbocycles. The Hall–Kier alpha value is -1.63. The number of hydrogen-bond donors (Lipinski definition) is 2. The van der Waals surface area contributed by atoms with Gasteiger partial charge >= 0.3 is 6.18 Å². The van der Waals surface area contributed by atoms with Gasteiger partial charge in [0.2, 0.25) is 5.91 Å². The summed E-state index contributed by atoms with van der Waals surface area (Å²) in [5.74, 6) is -1.84. The van der Waals surface area contributed by atoms with Crippen LogP contribution in [0.2, 0.25) is 0 Å². The monoisotopic (exact) mass is 319 g/mol. The van der Waals surface area contributed by atoms with Gasteiger partial charge in [-0.05, 0) is 37.0 Å². The van der Waals surface area contributed by atoms with E-state index in [2.05, 4.69) is 5.32 Å². The quantitative estimate of drug-likeness (QED) is 0.838. The third-order valence-electron chi connectivity index (χ3n) is 3.84. The maximum atomic E-state index is 12.9. The second kappa shape index (κ2) is 6.64. The highest BCUT2D eigenvalue weighted by molar-refractivity contribution is 5.80. The minimum absolute atomic E-state index is 0.180. The molecule has 0 heterocycles. The van der Waals surface area contributed by atoms with Crippen LogP contribution in [0.25, 0.3) is 0 Å². The van der Waals surface area contributed by atoms with E-state index in [-0.39, 0.29) is 5.56 Å². The summed E-state index contributed by atoms with van der Waals surface area (Å²) in [4.78, 5) is 12.1. The summed E-state index contributed by atoms with van der Waals surface area (Å²) in [7, 11) is 0. The summed E-state index contributed by atoms with van der Waals surface area (Å²) < 4.78 is 51.0. The minimum Gasteiger partial charge on any atom is -0.392 e. The summed E-state index contributed by atoms with van der Waals surface area (Å²) in [5, 5.41) is 12.0. The molecule has 0 bridgehead atoms. The lowest BCUT2D eigenvalue weighted by Gasteiger charge is -2.23. The van der Waals surface area contributed by atoms with Crippen molar-refractivity contribution in [3.8, 4) is 0 Å². The van der Waals surface area contributed by atoms with Gasteiger partial charge in [-0.2, -0.15) is 13.2 Å². The zero-order valence-corrected chi connectivity index (χ0v) is 11.7. The molecular weight excluding hydrogens is 302 g/mol. The molecule has 1 aromatic rings. The van der Waals surface area contributed by atoms with E-state index < -0.39 is 42.4 Å². The first-order valence-electron chi connectivity index (χ1n) is 7.07. The summed E-state index contributed by atoms with van der Waals surface area (Å²) in [6.07, 6.45) is -4.94. The van der Waals surface area contributed by atoms with Crippen LogP contribution in [0, 0.1) is 11.7 Å². The Morgan fingerprint density at radius 1 is 1.27 bits per heavy atom. The first kappa shape index (κ1) is 16.7. The lowest BCUT2D eigenvalue weighted by Crippen LogP contribution is -2.38. The van der Waals surface area contributed by atoms with E-state index in [0.717, 1.165) is 12.1 Å². The number of aliphatic hydroxyl groups excluding tert-OH is 1. The number of alkyl halides is 3. The molecule has 1 fully saturated rings. The van der Waals surface area contributed by atoms with E-state index >= 15 is 0 Å². The number of carbonyl (C=O) groups is 1. The molecule has 1 aliphatic rings. The van der Waals surface area contributed by atoms with Crippen LogP contribution < -0.4 is 5.32 Å². The Balaban J connectivity index is 2.13. The number of carbonyl (C=O) groups excluding carboxylic acids is 1. The van der Waals surface area contributed by atoms with Crippen molar-refractivity contribution in [1.82, 2.24) is 5.32 Å². The van der Waals surface area contributed by atoms with Crippen LogP contribution in [0.15, 0.2) is 24.3 Å². The third kappa shape index (κ3) is 4.43. The number of nitrogens with one attached hydrogen (secondary N) is 1. The molecular formula is C15H17F4NO2. The van der Waals surface area contributed by atoms with Crippen molar-refractivity contribution in [1.29, 1.82) is 0 Å². The predicted octanol–water partition coefficient (Wildman–Crippen LogP) is 3.10. The van der Waals surface area contributed by atoms with Gasteiger partial charge < -0.3 is 10.4 Å². The standard InChI is InChI=1S/C15H17F4NO2/c16-10-6-4-9(5-7-10)12(8-15(17,18)19)20-14(22)11-2-1-3-13(11)21/h4-7,11-13,21H,1-3,8H2,(H,20,22). The van der Waals surface area contributed by atoms with Crippen molar-refractivity contribution in [3.63, 3.8) is 0 Å². The number of benzene rings is 1. The van der Waals surface area contributed by atoms with Crippen LogP contribution in [0.3, 0.4) is 0 Å². The van der Waals surface area contributed by atoms with E-state index in [1.54, 1.807) is 0 Å². The normalized spacial score (nSPS) is 23.3. The Morgan fingerprint density at radius 2 is 1.91 bits per heavy atom. The first-order valence-corrected chi connectivity index (χ1v) is 7.07. The minimum atomic E-state index is -4.47. The molecule has 3 unspecified atom stereocenters. The zero-order chi connectivity index (χ0) is 16.3. The molecule has 3 atom stereocenters. The van der Waals surface area contributed by atoms with Gasteiger partial charge in [0.1, 0.15) is 5.82 Å². The second-order valence-electron chi connectivity index (χ2n) is 5.54. The molecule has 0 spiro atoms. The van der Waals surface area contributed by atoms with E-state index in [0.29, 0.717) is 19.3 Å². The van der Waals surface area contributed by atoms with Gasteiger partial charge in [0.15, 0.2) is 0 Å². The fourth-order valence-electron chi connectivity index (χ4n) is 2.70. The second-order valence-corrected chi connectivity index (χ2v) is 5.54. The molecule has 0 aromatic heterocycles. The molecule has 0 radical (unpaired) electrons. The van der Waals surface area contributed by atoms with Crippen molar-refractivity contribution in [2.45, 2.75) is 44.0 Å². The van der Waals surface area contributed by atoms with Gasteiger partial charge in [-0.25, -0.2) is 4.39 Å². The molecule has 7 heteroatoms. The van der Waals surface area contributed by atoms with Gasteiger partial charge in [-0.1, -0.05) is 12.1 Å². The van der Waals surface area contributed by atoms with Crippen LogP contribution in [-0.4, -0.2) is 23.3 Å². The highest BCUT2D eigenvalue weighted by Crippen LogP contribution is 2.31. The maximum Gasteiger partial charge on any atom is 0.391 e. The van der Waals surface area contributed by atoms with Gasteiger partial charge in [-0.15, -0.1) is 0 Å².